The topological polar surface area (TPSA) is 124 Å². The zero-order chi connectivity index (χ0) is 20.5. The Labute approximate surface area is 166 Å². The quantitative estimate of drug-likeness (QED) is 0.528. The van der Waals surface area contributed by atoms with Crippen LogP contribution in [0, 0.1) is 5.41 Å². The molecule has 0 atom stereocenters. The maximum absolute atomic E-state index is 12.6. The number of methoxy groups -OCH3 is 2. The molecule has 1 aromatic heterocycles. The normalized spacial score (nSPS) is 13.9. The highest BCUT2D eigenvalue weighted by atomic mass is 16.5. The molecule has 1 aliphatic heterocycles. The average molecular weight is 393 g/mol. The molecule has 4 N–H and O–H groups in total. The molecule has 29 heavy (non-hydrogen) atoms. The van der Waals surface area contributed by atoms with Gasteiger partial charge in [0.1, 0.15) is 17.2 Å². The fraction of sp³-hybridized carbons (Fsp3) is 0.150. The van der Waals surface area contributed by atoms with Gasteiger partial charge in [-0.1, -0.05) is 12.1 Å². The maximum Gasteiger partial charge on any atom is 0.269 e. The van der Waals surface area contributed by atoms with Crippen LogP contribution >= 0.6 is 0 Å². The summed E-state index contributed by atoms with van der Waals surface area (Å²) in [5.41, 5.74) is 4.72. The SMILES string of the molecule is COc1ccc(C(=O)NN2CC(O)=C(c3nc4ccccc4[nH]3)C2=N)cc1OC. The number of aromatic amines is 1. The van der Waals surface area contributed by atoms with Crippen molar-refractivity contribution in [1.82, 2.24) is 20.4 Å². The molecule has 0 aliphatic carbocycles. The smallest absolute Gasteiger partial charge is 0.269 e. The fourth-order valence-electron chi connectivity index (χ4n) is 3.16. The van der Waals surface area contributed by atoms with Gasteiger partial charge in [0.2, 0.25) is 0 Å². The van der Waals surface area contributed by atoms with Crippen LogP contribution in [-0.4, -0.2) is 52.6 Å². The highest BCUT2D eigenvalue weighted by Gasteiger charge is 2.31. The maximum atomic E-state index is 12.6. The molecule has 1 amide bonds. The number of hydrogen-bond acceptors (Lipinski definition) is 6. The number of rotatable bonds is 5. The number of aliphatic hydroxyl groups excluding tert-OH is 1. The van der Waals surface area contributed by atoms with Crippen LogP contribution in [0.5, 0.6) is 11.5 Å². The summed E-state index contributed by atoms with van der Waals surface area (Å²) in [7, 11) is 2.99. The van der Waals surface area contributed by atoms with Crippen molar-refractivity contribution in [3.63, 3.8) is 0 Å². The van der Waals surface area contributed by atoms with E-state index < -0.39 is 5.91 Å². The molecule has 0 spiro atoms. The summed E-state index contributed by atoms with van der Waals surface area (Å²) in [6.45, 7) is -0.0375. The Kier molecular flexibility index (Phi) is 4.55. The molecule has 2 aromatic carbocycles. The molecule has 0 saturated carbocycles. The fourth-order valence-corrected chi connectivity index (χ4v) is 3.16. The highest BCUT2D eigenvalue weighted by molar-refractivity contribution is 6.23. The third-order valence-corrected chi connectivity index (χ3v) is 4.61. The number of nitrogens with one attached hydrogen (secondary N) is 3. The number of para-hydroxylation sites is 2. The molecule has 0 unspecified atom stereocenters. The number of fused-ring (bicyclic) bond motifs is 1. The lowest BCUT2D eigenvalue weighted by Gasteiger charge is -2.19. The number of nitrogens with zero attached hydrogens (tertiary/aromatic N) is 2. The second kappa shape index (κ2) is 7.19. The van der Waals surface area contributed by atoms with Crippen molar-refractivity contribution in [2.45, 2.75) is 0 Å². The van der Waals surface area contributed by atoms with Gasteiger partial charge in [-0.3, -0.25) is 20.6 Å². The van der Waals surface area contributed by atoms with E-state index in [0.717, 1.165) is 11.0 Å². The Bertz CT molecular complexity index is 1120. The molecule has 148 valence electrons. The van der Waals surface area contributed by atoms with E-state index in [2.05, 4.69) is 15.4 Å². The third kappa shape index (κ3) is 3.22. The minimum absolute atomic E-state index is 0.0375. The number of ether oxygens (including phenoxy) is 2. The van der Waals surface area contributed by atoms with E-state index in [9.17, 15) is 9.90 Å². The summed E-state index contributed by atoms with van der Waals surface area (Å²) in [5, 5.41) is 20.0. The molecular weight excluding hydrogens is 374 g/mol. The average Bonchev–Trinajstić information content (AvgIpc) is 3.27. The highest BCUT2D eigenvalue weighted by Crippen LogP contribution is 2.28. The van der Waals surface area contributed by atoms with Crippen molar-refractivity contribution in [2.24, 2.45) is 0 Å². The molecule has 9 heteroatoms. The van der Waals surface area contributed by atoms with Gasteiger partial charge in [0, 0.05) is 5.56 Å². The first kappa shape index (κ1) is 18.4. The van der Waals surface area contributed by atoms with Crippen molar-refractivity contribution in [3.05, 3.63) is 59.6 Å². The number of H-pyrrole nitrogens is 1. The van der Waals surface area contributed by atoms with Crippen LogP contribution in [0.2, 0.25) is 0 Å². The Balaban J connectivity index is 1.54. The zero-order valence-corrected chi connectivity index (χ0v) is 15.8. The van der Waals surface area contributed by atoms with Gasteiger partial charge in [0.25, 0.3) is 5.91 Å². The summed E-state index contributed by atoms with van der Waals surface area (Å²) < 4.78 is 10.4. The van der Waals surface area contributed by atoms with Crippen LogP contribution in [0.15, 0.2) is 48.2 Å². The number of aliphatic hydroxyl groups is 1. The van der Waals surface area contributed by atoms with Gasteiger partial charge in [-0.05, 0) is 30.3 Å². The van der Waals surface area contributed by atoms with Gasteiger partial charge in [0.15, 0.2) is 17.3 Å². The summed E-state index contributed by atoms with van der Waals surface area (Å²) in [5.74, 6) is 0.730. The Hall–Kier alpha value is -4.01. The van der Waals surface area contributed by atoms with E-state index in [-0.39, 0.29) is 23.7 Å². The number of amides is 1. The van der Waals surface area contributed by atoms with Crippen LogP contribution in [0.1, 0.15) is 16.2 Å². The minimum atomic E-state index is -0.450. The molecular formula is C20H19N5O4. The summed E-state index contributed by atoms with van der Waals surface area (Å²) in [4.78, 5) is 20.2. The number of hydrogen-bond donors (Lipinski definition) is 4. The van der Waals surface area contributed by atoms with E-state index in [1.54, 1.807) is 18.2 Å². The second-order valence-corrected chi connectivity index (χ2v) is 6.37. The predicted octanol–water partition coefficient (Wildman–Crippen LogP) is 2.49. The number of hydrazine groups is 1. The van der Waals surface area contributed by atoms with E-state index >= 15 is 0 Å². The molecule has 4 rings (SSSR count). The lowest BCUT2D eigenvalue weighted by atomic mass is 10.2. The van der Waals surface area contributed by atoms with Gasteiger partial charge in [-0.2, -0.15) is 0 Å². The summed E-state index contributed by atoms with van der Waals surface area (Å²) in [6.07, 6.45) is 0. The van der Waals surface area contributed by atoms with Crippen LogP contribution < -0.4 is 14.9 Å². The van der Waals surface area contributed by atoms with E-state index in [4.69, 9.17) is 14.9 Å². The summed E-state index contributed by atoms with van der Waals surface area (Å²) in [6, 6.07) is 12.2. The number of carbonyl (C=O) groups is 1. The Morgan fingerprint density at radius 3 is 2.69 bits per heavy atom. The third-order valence-electron chi connectivity index (χ3n) is 4.61. The van der Waals surface area contributed by atoms with Gasteiger partial charge in [0.05, 0.1) is 31.8 Å². The lowest BCUT2D eigenvalue weighted by Crippen LogP contribution is -2.43. The van der Waals surface area contributed by atoms with Crippen molar-refractivity contribution in [1.29, 1.82) is 5.41 Å². The second-order valence-electron chi connectivity index (χ2n) is 6.37. The first-order chi connectivity index (χ1) is 14.0. The Morgan fingerprint density at radius 1 is 1.21 bits per heavy atom. The predicted molar refractivity (Wildman–Crippen MR) is 107 cm³/mol. The molecule has 0 saturated heterocycles. The van der Waals surface area contributed by atoms with Gasteiger partial charge in [-0.15, -0.1) is 0 Å². The van der Waals surface area contributed by atoms with E-state index in [1.807, 2.05) is 24.3 Å². The number of carbonyl (C=O) groups excluding carboxylic acids is 1. The van der Waals surface area contributed by atoms with Crippen LogP contribution in [0.4, 0.5) is 0 Å². The van der Waals surface area contributed by atoms with Crippen molar-refractivity contribution >= 4 is 28.3 Å². The minimum Gasteiger partial charge on any atom is -0.509 e. The molecule has 0 fully saturated rings. The van der Waals surface area contributed by atoms with Crippen molar-refractivity contribution < 1.29 is 19.4 Å². The van der Waals surface area contributed by atoms with Crippen molar-refractivity contribution in [2.75, 3.05) is 20.8 Å². The number of benzene rings is 2. The van der Waals surface area contributed by atoms with Gasteiger partial charge in [-0.25, -0.2) is 4.98 Å². The number of aromatic nitrogens is 2. The molecule has 3 aromatic rings. The van der Waals surface area contributed by atoms with Crippen LogP contribution in [0.25, 0.3) is 16.6 Å². The van der Waals surface area contributed by atoms with Gasteiger partial charge < -0.3 is 19.6 Å². The molecule has 9 nitrogen and oxygen atoms in total. The van der Waals surface area contributed by atoms with E-state index in [0.29, 0.717) is 22.9 Å². The lowest BCUT2D eigenvalue weighted by molar-refractivity contribution is 0.0874. The molecule has 0 bridgehead atoms. The van der Waals surface area contributed by atoms with Crippen molar-refractivity contribution in [3.8, 4) is 11.5 Å². The van der Waals surface area contributed by atoms with E-state index in [1.165, 1.54) is 19.2 Å². The van der Waals surface area contributed by atoms with Gasteiger partial charge >= 0.3 is 0 Å². The van der Waals surface area contributed by atoms with Crippen LogP contribution in [0.3, 0.4) is 0 Å². The molecule has 0 radical (unpaired) electrons. The number of amidine groups is 1. The monoisotopic (exact) mass is 393 g/mol. The first-order valence-corrected chi connectivity index (χ1v) is 8.78. The standard InChI is InChI=1S/C20H19N5O4/c1-28-15-8-7-11(9-16(15)29-2)20(27)24-25-10-14(26)17(18(25)21)19-22-12-5-3-4-6-13(12)23-19/h3-9,21,26H,10H2,1-2H3,(H,22,23)(H,24,27). The Morgan fingerprint density at radius 2 is 1.97 bits per heavy atom. The zero-order valence-electron chi connectivity index (χ0n) is 15.8. The first-order valence-electron chi connectivity index (χ1n) is 8.78. The largest absolute Gasteiger partial charge is 0.509 e. The summed E-state index contributed by atoms with van der Waals surface area (Å²) >= 11 is 0. The number of imidazole rings is 1. The molecule has 1 aliphatic rings. The van der Waals surface area contributed by atoms with Crippen LogP contribution in [-0.2, 0) is 0 Å². The molecule has 2 heterocycles.